The van der Waals surface area contributed by atoms with Gasteiger partial charge in [-0.1, -0.05) is 38.8 Å². The van der Waals surface area contributed by atoms with Crippen molar-refractivity contribution in [2.24, 2.45) is 0 Å². The summed E-state index contributed by atoms with van der Waals surface area (Å²) < 4.78 is 11.1. The average Bonchev–Trinajstić information content (AvgIpc) is 2.99. The first-order valence-electron chi connectivity index (χ1n) is 15.9. The zero-order valence-electron chi connectivity index (χ0n) is 27.6. The second-order valence-corrected chi connectivity index (χ2v) is 12.8. The molecule has 2 aromatic carbocycles. The zero-order valence-corrected chi connectivity index (χ0v) is 28.4. The van der Waals surface area contributed by atoms with Gasteiger partial charge in [-0.2, -0.15) is 0 Å². The van der Waals surface area contributed by atoms with E-state index in [1.807, 2.05) is 46.4 Å². The Balaban J connectivity index is 1.50. The molecule has 1 aliphatic carbocycles. The summed E-state index contributed by atoms with van der Waals surface area (Å²) in [7, 11) is 8.08. The van der Waals surface area contributed by atoms with Crippen LogP contribution < -0.4 is 15.1 Å². The molecule has 0 heterocycles. The first kappa shape index (κ1) is 35.6. The molecule has 0 bridgehead atoms. The van der Waals surface area contributed by atoms with Crippen molar-refractivity contribution in [3.8, 4) is 0 Å². The van der Waals surface area contributed by atoms with Gasteiger partial charge >= 0.3 is 0 Å². The van der Waals surface area contributed by atoms with Gasteiger partial charge in [-0.3, -0.25) is 9.59 Å². The van der Waals surface area contributed by atoms with Crippen LogP contribution in [-0.4, -0.2) is 78.7 Å². The van der Waals surface area contributed by atoms with Crippen LogP contribution in [0.3, 0.4) is 0 Å². The lowest BCUT2D eigenvalue weighted by atomic mass is 9.67. The summed E-state index contributed by atoms with van der Waals surface area (Å²) in [5.41, 5.74) is 6.36. The molecule has 7 nitrogen and oxygen atoms in total. The number of amides is 1. The number of alkyl halides is 1. The summed E-state index contributed by atoms with van der Waals surface area (Å²) >= 11 is 5.68. The number of fused-ring (bicyclic) bond motifs is 2. The molecule has 0 aliphatic heterocycles. The Morgan fingerprint density at radius 3 is 2.25 bits per heavy atom. The van der Waals surface area contributed by atoms with Gasteiger partial charge < -0.3 is 24.6 Å². The molecule has 1 aliphatic rings. The molecule has 8 heteroatoms. The number of carbonyl (C=O) groups is 2. The predicted molar refractivity (Wildman–Crippen MR) is 184 cm³/mol. The van der Waals surface area contributed by atoms with Crippen LogP contribution in [0.1, 0.15) is 91.4 Å². The monoisotopic (exact) mass is 625 g/mol. The molecular formula is C36H52ClN3O4. The molecule has 0 atom stereocenters. The molecule has 44 heavy (non-hydrogen) atoms. The van der Waals surface area contributed by atoms with Crippen molar-refractivity contribution >= 4 is 40.7 Å². The van der Waals surface area contributed by atoms with Crippen LogP contribution in [0.2, 0.25) is 0 Å². The summed E-state index contributed by atoms with van der Waals surface area (Å²) in [5, 5.41) is 2.93. The molecule has 0 fully saturated rings. The number of hydrogen-bond donors (Lipinski definition) is 1. The van der Waals surface area contributed by atoms with Gasteiger partial charge in [0.05, 0.1) is 19.8 Å². The molecule has 1 N–H and O–H groups in total. The van der Waals surface area contributed by atoms with E-state index in [2.05, 4.69) is 53.2 Å². The minimum Gasteiger partial charge on any atom is -0.379 e. The lowest BCUT2D eigenvalue weighted by molar-refractivity contribution is -0.121. The maximum atomic E-state index is 13.9. The second kappa shape index (κ2) is 17.6. The van der Waals surface area contributed by atoms with E-state index >= 15 is 0 Å². The van der Waals surface area contributed by atoms with E-state index in [0.717, 1.165) is 90.2 Å². The third-order valence-corrected chi connectivity index (χ3v) is 8.46. The highest BCUT2D eigenvalue weighted by Crippen LogP contribution is 2.45. The van der Waals surface area contributed by atoms with Crippen LogP contribution in [0.15, 0.2) is 36.4 Å². The number of unbranched alkanes of at least 4 members (excludes halogenated alkanes) is 4. The Kier molecular flexibility index (Phi) is 14.2. The summed E-state index contributed by atoms with van der Waals surface area (Å²) in [6.45, 7) is 7.23. The molecular weight excluding hydrogens is 574 g/mol. The van der Waals surface area contributed by atoms with Gasteiger partial charge in [0.25, 0.3) is 0 Å². The van der Waals surface area contributed by atoms with Gasteiger partial charge in [-0.05, 0) is 72.7 Å². The van der Waals surface area contributed by atoms with Crippen LogP contribution in [0.25, 0.3) is 6.08 Å². The number of carbonyl (C=O) groups excluding carboxylic acids is 2. The van der Waals surface area contributed by atoms with Crippen molar-refractivity contribution in [2.75, 3.05) is 76.8 Å². The molecule has 0 radical (unpaired) electrons. The van der Waals surface area contributed by atoms with E-state index in [1.165, 1.54) is 0 Å². The Morgan fingerprint density at radius 2 is 1.55 bits per heavy atom. The maximum Gasteiger partial charge on any atom is 0.220 e. The van der Waals surface area contributed by atoms with Crippen LogP contribution in [0, 0.1) is 0 Å². The topological polar surface area (TPSA) is 71.1 Å². The van der Waals surface area contributed by atoms with Crippen molar-refractivity contribution in [1.29, 1.82) is 0 Å². The molecule has 1 amide bonds. The predicted octanol–water partition coefficient (Wildman–Crippen LogP) is 6.82. The Bertz CT molecular complexity index is 1270. The lowest BCUT2D eigenvalue weighted by Crippen LogP contribution is -2.32. The molecule has 242 valence electrons. The fourth-order valence-corrected chi connectivity index (χ4v) is 5.69. The number of rotatable bonds is 19. The Hall–Kier alpha value is -2.87. The van der Waals surface area contributed by atoms with Crippen LogP contribution >= 0.6 is 11.6 Å². The lowest BCUT2D eigenvalue weighted by Gasteiger charge is -2.36. The Morgan fingerprint density at radius 1 is 0.864 bits per heavy atom. The highest BCUT2D eigenvalue weighted by atomic mass is 35.5. The highest BCUT2D eigenvalue weighted by Gasteiger charge is 2.38. The number of nitrogens with zero attached hydrogens (tertiary/aromatic N) is 2. The van der Waals surface area contributed by atoms with Crippen molar-refractivity contribution in [3.63, 3.8) is 0 Å². The second-order valence-electron chi connectivity index (χ2n) is 12.4. The van der Waals surface area contributed by atoms with E-state index in [1.54, 1.807) is 0 Å². The van der Waals surface area contributed by atoms with Gasteiger partial charge in [0.15, 0.2) is 5.78 Å². The number of benzene rings is 2. The summed E-state index contributed by atoms with van der Waals surface area (Å²) in [6.07, 6.45) is 10.5. The normalized spacial score (nSPS) is 13.6. The van der Waals surface area contributed by atoms with E-state index in [0.29, 0.717) is 32.8 Å². The molecule has 0 saturated heterocycles. The van der Waals surface area contributed by atoms with Crippen molar-refractivity contribution in [1.82, 2.24) is 5.32 Å². The van der Waals surface area contributed by atoms with E-state index < -0.39 is 0 Å². The third kappa shape index (κ3) is 9.82. The molecule has 0 spiro atoms. The van der Waals surface area contributed by atoms with Crippen LogP contribution in [0.4, 0.5) is 11.4 Å². The SMILES string of the molecule is CN(C)c1ccc2c(c1)C(C)(C)c1cc(N(C)C)cc(/C=C/CCCC(=O)NCCOCCOCCCCCCCl)c1C2=O. The zero-order chi connectivity index (χ0) is 32.1. The number of ketones is 1. The molecule has 2 aromatic rings. The van der Waals surface area contributed by atoms with Crippen LogP contribution in [0.5, 0.6) is 0 Å². The van der Waals surface area contributed by atoms with E-state index in [-0.39, 0.29) is 17.1 Å². The molecule has 3 rings (SSSR count). The average molecular weight is 626 g/mol. The standard InChI is InChI=1S/C36H52ClN3O4/c1-36(2)31-25-28(39(3)4)16-17-30(31)35(42)34-27(24-29(40(5)6)26-32(34)36)14-10-9-11-15-33(41)38-19-21-44-23-22-43-20-13-8-7-12-18-37/h10,14,16-17,24-26H,7-9,11-13,15,18-23H2,1-6H3,(H,38,41)/b14-10+. The largest absolute Gasteiger partial charge is 0.379 e. The van der Waals surface area contributed by atoms with Gasteiger partial charge in [0.1, 0.15) is 0 Å². The van der Waals surface area contributed by atoms with Crippen molar-refractivity contribution in [2.45, 2.75) is 64.2 Å². The smallest absolute Gasteiger partial charge is 0.220 e. The minimum atomic E-state index is -0.335. The maximum absolute atomic E-state index is 13.9. The van der Waals surface area contributed by atoms with Gasteiger partial charge in [-0.25, -0.2) is 0 Å². The minimum absolute atomic E-state index is 0.0211. The van der Waals surface area contributed by atoms with Crippen molar-refractivity contribution < 1.29 is 19.1 Å². The first-order valence-corrected chi connectivity index (χ1v) is 16.5. The number of hydrogen-bond acceptors (Lipinski definition) is 6. The molecule has 0 aromatic heterocycles. The molecule has 0 unspecified atom stereocenters. The highest BCUT2D eigenvalue weighted by molar-refractivity contribution is 6.17. The number of anilines is 2. The summed E-state index contributed by atoms with van der Waals surface area (Å²) in [5.74, 6) is 0.815. The number of allylic oxidation sites excluding steroid dienone is 1. The first-order chi connectivity index (χ1) is 21.1. The molecule has 0 saturated carbocycles. The van der Waals surface area contributed by atoms with E-state index in [4.69, 9.17) is 21.1 Å². The number of nitrogens with one attached hydrogen (secondary N) is 1. The van der Waals surface area contributed by atoms with Gasteiger partial charge in [-0.15, -0.1) is 11.6 Å². The quantitative estimate of drug-likeness (QED) is 0.136. The fourth-order valence-electron chi connectivity index (χ4n) is 5.51. The fraction of sp³-hybridized carbons (Fsp3) is 0.556. The summed E-state index contributed by atoms with van der Waals surface area (Å²) in [4.78, 5) is 30.3. The van der Waals surface area contributed by atoms with Crippen LogP contribution in [-0.2, 0) is 19.7 Å². The van der Waals surface area contributed by atoms with Gasteiger partial charge in [0.2, 0.25) is 5.91 Å². The third-order valence-electron chi connectivity index (χ3n) is 8.19. The number of ether oxygens (including phenoxy) is 2. The van der Waals surface area contributed by atoms with E-state index in [9.17, 15) is 9.59 Å². The van der Waals surface area contributed by atoms with Gasteiger partial charge in [0, 0.05) is 81.6 Å². The van der Waals surface area contributed by atoms with Crippen molar-refractivity contribution in [3.05, 3.63) is 64.2 Å². The number of halogens is 1. The summed E-state index contributed by atoms with van der Waals surface area (Å²) in [6, 6.07) is 10.4. The Labute approximate surface area is 269 Å².